The lowest BCUT2D eigenvalue weighted by Gasteiger charge is -2.16. The molecule has 1 aromatic carbocycles. The molecule has 1 aromatic rings. The van der Waals surface area contributed by atoms with Crippen molar-refractivity contribution in [3.63, 3.8) is 0 Å². The van der Waals surface area contributed by atoms with Crippen molar-refractivity contribution in [3.8, 4) is 0 Å². The number of carbonyl (C=O) groups excluding carboxylic acids is 1. The van der Waals surface area contributed by atoms with Crippen LogP contribution in [0.4, 0.5) is 0 Å². The zero-order valence-electron chi connectivity index (χ0n) is 12.3. The summed E-state index contributed by atoms with van der Waals surface area (Å²) >= 11 is 1.70. The Labute approximate surface area is 126 Å². The first-order valence-corrected chi connectivity index (χ1v) is 8.36. The molecule has 0 unspecified atom stereocenters. The summed E-state index contributed by atoms with van der Waals surface area (Å²) in [6, 6.07) is 10.4. The van der Waals surface area contributed by atoms with Gasteiger partial charge in [-0.3, -0.25) is 4.79 Å². The number of aryl methyl sites for hydroxylation is 1. The van der Waals surface area contributed by atoms with E-state index in [4.69, 9.17) is 5.11 Å². The van der Waals surface area contributed by atoms with Gasteiger partial charge in [0.2, 0.25) is 5.91 Å². The van der Waals surface area contributed by atoms with Crippen LogP contribution in [-0.4, -0.2) is 47.6 Å². The number of carbonyl (C=O) groups is 1. The van der Waals surface area contributed by atoms with E-state index in [1.54, 1.807) is 16.7 Å². The third-order valence-corrected chi connectivity index (χ3v) is 4.12. The smallest absolute Gasteiger partial charge is 0.232 e. The highest BCUT2D eigenvalue weighted by molar-refractivity contribution is 7.99. The molecule has 1 N–H and O–H groups in total. The third kappa shape index (κ3) is 7.56. The molecule has 0 atom stereocenters. The number of unbranched alkanes of at least 4 members (excludes halogenated alkanes) is 2. The van der Waals surface area contributed by atoms with Crippen LogP contribution in [0, 0.1) is 0 Å². The second-order valence-electron chi connectivity index (χ2n) is 4.89. The van der Waals surface area contributed by atoms with Gasteiger partial charge in [-0.25, -0.2) is 0 Å². The molecule has 1 amide bonds. The molecule has 3 nitrogen and oxygen atoms in total. The van der Waals surface area contributed by atoms with Crippen molar-refractivity contribution in [2.45, 2.75) is 25.7 Å². The second kappa shape index (κ2) is 10.7. The Morgan fingerprint density at radius 1 is 1.20 bits per heavy atom. The van der Waals surface area contributed by atoms with Gasteiger partial charge in [-0.2, -0.15) is 11.8 Å². The molecule has 0 fully saturated rings. The highest BCUT2D eigenvalue weighted by atomic mass is 32.2. The summed E-state index contributed by atoms with van der Waals surface area (Å²) in [5.74, 6) is 1.74. The third-order valence-electron chi connectivity index (χ3n) is 3.18. The molecule has 0 saturated carbocycles. The van der Waals surface area contributed by atoms with Crippen LogP contribution in [0.3, 0.4) is 0 Å². The van der Waals surface area contributed by atoms with E-state index in [1.165, 1.54) is 5.56 Å². The van der Waals surface area contributed by atoms with E-state index in [0.29, 0.717) is 5.75 Å². The number of aliphatic hydroxyl groups is 1. The van der Waals surface area contributed by atoms with Crippen molar-refractivity contribution in [1.29, 1.82) is 0 Å². The Balaban J connectivity index is 2.07. The SMILES string of the molecule is CN(CCCCCO)C(=O)CSCCc1ccccc1. The molecule has 0 aromatic heterocycles. The zero-order valence-corrected chi connectivity index (χ0v) is 13.1. The van der Waals surface area contributed by atoms with Gasteiger partial charge in [0.25, 0.3) is 0 Å². The lowest BCUT2D eigenvalue weighted by molar-refractivity contribution is -0.127. The minimum Gasteiger partial charge on any atom is -0.396 e. The summed E-state index contributed by atoms with van der Waals surface area (Å²) in [6.45, 7) is 1.03. The molecule has 0 aliphatic heterocycles. The highest BCUT2D eigenvalue weighted by Crippen LogP contribution is 2.08. The normalized spacial score (nSPS) is 10.5. The number of amides is 1. The van der Waals surface area contributed by atoms with Crippen LogP contribution in [0.5, 0.6) is 0 Å². The molecule has 20 heavy (non-hydrogen) atoms. The van der Waals surface area contributed by atoms with E-state index in [-0.39, 0.29) is 12.5 Å². The maximum absolute atomic E-state index is 11.9. The van der Waals surface area contributed by atoms with Crippen LogP contribution >= 0.6 is 11.8 Å². The Morgan fingerprint density at radius 3 is 2.65 bits per heavy atom. The summed E-state index contributed by atoms with van der Waals surface area (Å²) in [5, 5.41) is 8.69. The molecule has 0 saturated heterocycles. The van der Waals surface area contributed by atoms with E-state index in [1.807, 2.05) is 25.2 Å². The summed E-state index contributed by atoms with van der Waals surface area (Å²) in [4.78, 5) is 13.7. The average Bonchev–Trinajstić information content (AvgIpc) is 2.48. The number of thioether (sulfide) groups is 1. The maximum atomic E-state index is 11.9. The Kier molecular flexibility index (Phi) is 9.16. The fourth-order valence-corrected chi connectivity index (χ4v) is 2.79. The molecule has 0 bridgehead atoms. The van der Waals surface area contributed by atoms with Crippen molar-refractivity contribution < 1.29 is 9.90 Å². The van der Waals surface area contributed by atoms with E-state index >= 15 is 0 Å². The summed E-state index contributed by atoms with van der Waals surface area (Å²) in [7, 11) is 1.86. The van der Waals surface area contributed by atoms with Crippen LogP contribution in [0.15, 0.2) is 30.3 Å². The Morgan fingerprint density at radius 2 is 1.95 bits per heavy atom. The van der Waals surface area contributed by atoms with Gasteiger partial charge in [0, 0.05) is 20.2 Å². The van der Waals surface area contributed by atoms with Gasteiger partial charge in [0.05, 0.1) is 5.75 Å². The molecular weight excluding hydrogens is 270 g/mol. The molecule has 0 spiro atoms. The molecule has 112 valence electrons. The molecule has 0 aliphatic rings. The molecule has 0 aliphatic carbocycles. The molecule has 4 heteroatoms. The van der Waals surface area contributed by atoms with Crippen molar-refractivity contribution in [3.05, 3.63) is 35.9 Å². The van der Waals surface area contributed by atoms with Gasteiger partial charge in [0.1, 0.15) is 0 Å². The van der Waals surface area contributed by atoms with Crippen LogP contribution < -0.4 is 0 Å². The minimum absolute atomic E-state index is 0.201. The van der Waals surface area contributed by atoms with Crippen molar-refractivity contribution in [2.75, 3.05) is 31.7 Å². The van der Waals surface area contributed by atoms with Crippen LogP contribution in [0.1, 0.15) is 24.8 Å². The zero-order chi connectivity index (χ0) is 14.6. The molecule has 1 rings (SSSR count). The summed E-state index contributed by atoms with van der Waals surface area (Å²) in [5.41, 5.74) is 1.32. The summed E-state index contributed by atoms with van der Waals surface area (Å²) in [6.07, 6.45) is 3.79. The first-order valence-electron chi connectivity index (χ1n) is 7.20. The van der Waals surface area contributed by atoms with Gasteiger partial charge < -0.3 is 10.0 Å². The van der Waals surface area contributed by atoms with Crippen LogP contribution in [-0.2, 0) is 11.2 Å². The monoisotopic (exact) mass is 295 g/mol. The van der Waals surface area contributed by atoms with Gasteiger partial charge in [-0.15, -0.1) is 0 Å². The van der Waals surface area contributed by atoms with E-state index < -0.39 is 0 Å². The standard InChI is InChI=1S/C16H25NO2S/c1-17(11-6-3-7-12-18)16(19)14-20-13-10-15-8-4-2-5-9-15/h2,4-5,8-9,18H,3,6-7,10-14H2,1H3. The topological polar surface area (TPSA) is 40.5 Å². The van der Waals surface area contributed by atoms with Gasteiger partial charge >= 0.3 is 0 Å². The first-order chi connectivity index (χ1) is 9.74. The summed E-state index contributed by atoms with van der Waals surface area (Å²) < 4.78 is 0. The maximum Gasteiger partial charge on any atom is 0.232 e. The van der Waals surface area contributed by atoms with Crippen molar-refractivity contribution in [1.82, 2.24) is 4.90 Å². The number of benzene rings is 1. The van der Waals surface area contributed by atoms with Gasteiger partial charge in [0.15, 0.2) is 0 Å². The van der Waals surface area contributed by atoms with E-state index in [2.05, 4.69) is 12.1 Å². The lowest BCUT2D eigenvalue weighted by atomic mass is 10.2. The second-order valence-corrected chi connectivity index (χ2v) is 5.99. The van der Waals surface area contributed by atoms with Crippen LogP contribution in [0.25, 0.3) is 0 Å². The Hall–Kier alpha value is -1.00. The number of nitrogens with zero attached hydrogens (tertiary/aromatic N) is 1. The molecular formula is C16H25NO2S. The fourth-order valence-electron chi connectivity index (χ4n) is 1.87. The Bertz CT molecular complexity index is 370. The minimum atomic E-state index is 0.201. The number of hydrogen-bond donors (Lipinski definition) is 1. The lowest BCUT2D eigenvalue weighted by Crippen LogP contribution is -2.29. The predicted molar refractivity (Wildman–Crippen MR) is 86.0 cm³/mol. The number of aliphatic hydroxyl groups excluding tert-OH is 1. The van der Waals surface area contributed by atoms with Crippen molar-refractivity contribution in [2.24, 2.45) is 0 Å². The predicted octanol–water partition coefficient (Wildman–Crippen LogP) is 2.58. The van der Waals surface area contributed by atoms with Crippen LogP contribution in [0.2, 0.25) is 0 Å². The van der Waals surface area contributed by atoms with Gasteiger partial charge in [-0.05, 0) is 37.0 Å². The average molecular weight is 295 g/mol. The number of rotatable bonds is 10. The molecule has 0 radical (unpaired) electrons. The van der Waals surface area contributed by atoms with E-state index in [0.717, 1.165) is 38.0 Å². The van der Waals surface area contributed by atoms with E-state index in [9.17, 15) is 4.79 Å². The van der Waals surface area contributed by atoms with Gasteiger partial charge in [-0.1, -0.05) is 30.3 Å². The first kappa shape index (κ1) is 17.1. The molecule has 0 heterocycles. The highest BCUT2D eigenvalue weighted by Gasteiger charge is 2.07. The quantitative estimate of drug-likeness (QED) is 0.675. The van der Waals surface area contributed by atoms with Crippen molar-refractivity contribution >= 4 is 17.7 Å². The number of hydrogen-bond acceptors (Lipinski definition) is 3. The largest absolute Gasteiger partial charge is 0.396 e. The fraction of sp³-hybridized carbons (Fsp3) is 0.562.